The zero-order valence-electron chi connectivity index (χ0n) is 14.6. The number of nitrogens with zero attached hydrogens (tertiary/aromatic N) is 4. The van der Waals surface area contributed by atoms with E-state index >= 15 is 0 Å². The van der Waals surface area contributed by atoms with E-state index in [-0.39, 0.29) is 0 Å². The molecule has 3 rings (SSSR count). The quantitative estimate of drug-likeness (QED) is 0.643. The molecular weight excluding hydrogens is 320 g/mol. The molecule has 0 amide bonds. The molecule has 0 aromatic carbocycles. The summed E-state index contributed by atoms with van der Waals surface area (Å²) in [6.45, 7) is 5.18. The fraction of sp³-hybridized carbons (Fsp3) is 0.588. The molecule has 0 radical (unpaired) electrons. The average Bonchev–Trinajstić information content (AvgIpc) is 3.22. The molecule has 1 atom stereocenters. The normalized spacial score (nSPS) is 17.8. The monoisotopic (exact) mass is 346 g/mol. The Bertz CT molecular complexity index is 673. The third-order valence-electron chi connectivity index (χ3n) is 4.31. The number of hydrogen-bond donors (Lipinski definition) is 2. The van der Waals surface area contributed by atoms with E-state index in [0.29, 0.717) is 12.1 Å². The van der Waals surface area contributed by atoms with Gasteiger partial charge in [0.05, 0.1) is 10.7 Å². The molecule has 0 fully saturated rings. The molecule has 0 bridgehead atoms. The van der Waals surface area contributed by atoms with Gasteiger partial charge in [-0.3, -0.25) is 9.67 Å². The number of aromatic nitrogens is 3. The maximum atomic E-state index is 4.74. The van der Waals surface area contributed by atoms with E-state index in [1.807, 2.05) is 18.6 Å². The van der Waals surface area contributed by atoms with Gasteiger partial charge in [0.15, 0.2) is 5.96 Å². The van der Waals surface area contributed by atoms with E-state index in [2.05, 4.69) is 45.3 Å². The van der Waals surface area contributed by atoms with Crippen molar-refractivity contribution in [2.75, 3.05) is 13.6 Å². The maximum Gasteiger partial charge on any atom is 0.191 e. The van der Waals surface area contributed by atoms with E-state index in [0.717, 1.165) is 43.2 Å². The summed E-state index contributed by atoms with van der Waals surface area (Å²) >= 11 is 1.69. The number of hydrogen-bond acceptors (Lipinski definition) is 4. The van der Waals surface area contributed by atoms with Gasteiger partial charge in [0, 0.05) is 56.3 Å². The van der Waals surface area contributed by atoms with Crippen LogP contribution in [0.15, 0.2) is 22.8 Å². The molecule has 24 heavy (non-hydrogen) atoms. The number of aryl methyl sites for hydroxylation is 1. The summed E-state index contributed by atoms with van der Waals surface area (Å²) < 4.78 is 2.08. The van der Waals surface area contributed by atoms with Crippen LogP contribution in [0.4, 0.5) is 0 Å². The minimum atomic E-state index is 0.388. The van der Waals surface area contributed by atoms with Crippen LogP contribution in [0.5, 0.6) is 0 Å². The molecule has 6 nitrogen and oxygen atoms in total. The Labute approximate surface area is 147 Å². The second kappa shape index (κ2) is 7.79. The molecule has 0 saturated heterocycles. The second-order valence-electron chi connectivity index (χ2n) is 6.43. The molecule has 2 aromatic heterocycles. The number of guanidine groups is 1. The summed E-state index contributed by atoms with van der Waals surface area (Å²) in [5.41, 5.74) is 2.62. The summed E-state index contributed by atoms with van der Waals surface area (Å²) in [5, 5.41) is 14.8. The Morgan fingerprint density at radius 3 is 3.08 bits per heavy atom. The molecule has 0 spiro atoms. The number of fused-ring (bicyclic) bond motifs is 1. The lowest BCUT2D eigenvalue weighted by Crippen LogP contribution is -2.46. The molecule has 0 saturated carbocycles. The Morgan fingerprint density at radius 1 is 1.50 bits per heavy atom. The predicted octanol–water partition coefficient (Wildman–Crippen LogP) is 2.19. The summed E-state index contributed by atoms with van der Waals surface area (Å²) in [5.74, 6) is 0.864. The van der Waals surface area contributed by atoms with Crippen molar-refractivity contribution < 1.29 is 0 Å². The molecule has 2 heterocycles. The zero-order chi connectivity index (χ0) is 16.9. The van der Waals surface area contributed by atoms with Crippen LogP contribution >= 0.6 is 11.3 Å². The fourth-order valence-electron chi connectivity index (χ4n) is 2.95. The van der Waals surface area contributed by atoms with Gasteiger partial charge in [0.1, 0.15) is 0 Å². The van der Waals surface area contributed by atoms with Crippen molar-refractivity contribution in [1.82, 2.24) is 25.4 Å². The Morgan fingerprint density at radius 2 is 2.38 bits per heavy atom. The number of aliphatic imine (C=N–C) groups is 1. The highest BCUT2D eigenvalue weighted by Crippen LogP contribution is 2.21. The maximum absolute atomic E-state index is 4.74. The largest absolute Gasteiger partial charge is 0.356 e. The summed E-state index contributed by atoms with van der Waals surface area (Å²) in [7, 11) is 1.82. The van der Waals surface area contributed by atoms with Crippen molar-refractivity contribution in [3.8, 4) is 0 Å². The van der Waals surface area contributed by atoms with Crippen LogP contribution in [0.25, 0.3) is 0 Å². The molecule has 7 heteroatoms. The van der Waals surface area contributed by atoms with Gasteiger partial charge in [-0.2, -0.15) is 5.10 Å². The molecule has 1 aliphatic carbocycles. The van der Waals surface area contributed by atoms with Gasteiger partial charge in [-0.05, 0) is 32.3 Å². The van der Waals surface area contributed by atoms with Crippen LogP contribution < -0.4 is 10.6 Å². The zero-order valence-corrected chi connectivity index (χ0v) is 15.4. The Hall–Kier alpha value is -1.89. The number of rotatable bonds is 5. The second-order valence-corrected chi connectivity index (χ2v) is 7.41. The summed E-state index contributed by atoms with van der Waals surface area (Å²) in [6, 6.07) is 0.807. The third kappa shape index (κ3) is 4.14. The molecule has 2 aromatic rings. The number of nitrogens with one attached hydrogen (secondary N) is 2. The fourth-order valence-corrected chi connectivity index (χ4v) is 3.57. The standard InChI is InChI=1S/C17H26N6S/c1-12(2)23-11-13-4-5-14(10-15(13)22-23)21-17(18-3)20-7-6-16-19-8-9-24-16/h8-9,11-12,14H,4-7,10H2,1-3H3,(H2,18,20,21). The van der Waals surface area contributed by atoms with Crippen molar-refractivity contribution in [2.24, 2.45) is 4.99 Å². The van der Waals surface area contributed by atoms with Gasteiger partial charge < -0.3 is 10.6 Å². The Kier molecular flexibility index (Phi) is 5.50. The lowest BCUT2D eigenvalue weighted by Gasteiger charge is -2.24. The Balaban J connectivity index is 1.51. The molecule has 1 aliphatic rings. The predicted molar refractivity (Wildman–Crippen MR) is 98.7 cm³/mol. The van der Waals surface area contributed by atoms with Gasteiger partial charge in [0.2, 0.25) is 0 Å². The van der Waals surface area contributed by atoms with Crippen LogP contribution in [-0.4, -0.2) is 40.4 Å². The first-order valence-corrected chi connectivity index (χ1v) is 9.46. The lowest BCUT2D eigenvalue weighted by molar-refractivity contribution is 0.499. The van der Waals surface area contributed by atoms with Gasteiger partial charge in [-0.25, -0.2) is 4.98 Å². The molecule has 0 aliphatic heterocycles. The van der Waals surface area contributed by atoms with E-state index in [1.165, 1.54) is 11.3 Å². The molecule has 2 N–H and O–H groups in total. The highest BCUT2D eigenvalue weighted by Gasteiger charge is 2.22. The summed E-state index contributed by atoms with van der Waals surface area (Å²) in [6.07, 6.45) is 8.13. The van der Waals surface area contributed by atoms with Gasteiger partial charge >= 0.3 is 0 Å². The molecular formula is C17H26N6S. The third-order valence-corrected chi connectivity index (χ3v) is 5.14. The van der Waals surface area contributed by atoms with E-state index in [1.54, 1.807) is 11.3 Å². The van der Waals surface area contributed by atoms with Gasteiger partial charge in [-0.15, -0.1) is 11.3 Å². The minimum Gasteiger partial charge on any atom is -0.356 e. The first-order valence-electron chi connectivity index (χ1n) is 8.58. The topological polar surface area (TPSA) is 67.1 Å². The van der Waals surface area contributed by atoms with Crippen molar-refractivity contribution >= 4 is 17.3 Å². The first-order chi connectivity index (χ1) is 11.7. The highest BCUT2D eigenvalue weighted by molar-refractivity contribution is 7.09. The van der Waals surface area contributed by atoms with E-state index in [4.69, 9.17) is 5.10 Å². The van der Waals surface area contributed by atoms with Crippen molar-refractivity contribution in [2.45, 2.75) is 51.6 Å². The first kappa shape index (κ1) is 17.0. The van der Waals surface area contributed by atoms with Crippen molar-refractivity contribution in [3.63, 3.8) is 0 Å². The van der Waals surface area contributed by atoms with Crippen LogP contribution in [0.2, 0.25) is 0 Å². The van der Waals surface area contributed by atoms with Crippen LogP contribution in [-0.2, 0) is 19.3 Å². The van der Waals surface area contributed by atoms with Crippen molar-refractivity contribution in [3.05, 3.63) is 34.0 Å². The summed E-state index contributed by atoms with van der Waals surface area (Å²) in [4.78, 5) is 8.65. The van der Waals surface area contributed by atoms with Gasteiger partial charge in [0.25, 0.3) is 0 Å². The highest BCUT2D eigenvalue weighted by atomic mass is 32.1. The van der Waals surface area contributed by atoms with Crippen LogP contribution in [0.3, 0.4) is 0 Å². The number of thiazole rings is 1. The van der Waals surface area contributed by atoms with Gasteiger partial charge in [-0.1, -0.05) is 0 Å². The van der Waals surface area contributed by atoms with Crippen molar-refractivity contribution in [1.29, 1.82) is 0 Å². The minimum absolute atomic E-state index is 0.388. The smallest absolute Gasteiger partial charge is 0.191 e. The molecule has 130 valence electrons. The lowest BCUT2D eigenvalue weighted by atomic mass is 9.94. The van der Waals surface area contributed by atoms with Crippen LogP contribution in [0, 0.1) is 0 Å². The van der Waals surface area contributed by atoms with E-state index < -0.39 is 0 Å². The average molecular weight is 347 g/mol. The SMILES string of the molecule is CN=C(NCCc1nccs1)NC1CCc2cn(C(C)C)nc2C1. The van der Waals surface area contributed by atoms with E-state index in [9.17, 15) is 0 Å². The molecule has 1 unspecified atom stereocenters. The van der Waals surface area contributed by atoms with Crippen LogP contribution in [0.1, 0.15) is 42.6 Å².